The first-order chi connectivity index (χ1) is 11.2. The van der Waals surface area contributed by atoms with E-state index < -0.39 is 0 Å². The molecule has 0 radical (unpaired) electrons. The zero-order valence-electron chi connectivity index (χ0n) is 13.2. The fraction of sp³-hybridized carbons (Fsp3) is 0.278. The maximum Gasteiger partial charge on any atom is 0.166 e. The molecule has 1 aromatic carbocycles. The van der Waals surface area contributed by atoms with Crippen LogP contribution in [-0.2, 0) is 6.42 Å². The second kappa shape index (κ2) is 5.19. The number of hydrogen-bond acceptors (Lipinski definition) is 4. The van der Waals surface area contributed by atoms with Gasteiger partial charge in [0.2, 0.25) is 0 Å². The standard InChI is InChI=1S/C18H17N3O2/c1-11-17(12-5-3-6-13(9-12)23-2)18-19-15-7-4-8-16(22)14(15)10-21(18)20-11/h3,5-6,9-10H,4,7-8H2,1-2H3. The summed E-state index contributed by atoms with van der Waals surface area (Å²) < 4.78 is 7.05. The lowest BCUT2D eigenvalue weighted by Crippen LogP contribution is -2.14. The molecule has 23 heavy (non-hydrogen) atoms. The number of fused-ring (bicyclic) bond motifs is 2. The number of carbonyl (C=O) groups excluding carboxylic acids is 1. The summed E-state index contributed by atoms with van der Waals surface area (Å²) >= 11 is 0. The van der Waals surface area contributed by atoms with Gasteiger partial charge in [-0.15, -0.1) is 0 Å². The largest absolute Gasteiger partial charge is 0.497 e. The van der Waals surface area contributed by atoms with E-state index in [0.29, 0.717) is 12.0 Å². The number of methoxy groups -OCH3 is 1. The molecule has 0 spiro atoms. The van der Waals surface area contributed by atoms with Gasteiger partial charge in [0.25, 0.3) is 0 Å². The van der Waals surface area contributed by atoms with Gasteiger partial charge in [-0.3, -0.25) is 4.79 Å². The van der Waals surface area contributed by atoms with Gasteiger partial charge in [0, 0.05) is 18.2 Å². The number of hydrogen-bond donors (Lipinski definition) is 0. The Hall–Kier alpha value is -2.69. The minimum Gasteiger partial charge on any atom is -0.497 e. The number of nitrogens with zero attached hydrogens (tertiary/aromatic N) is 3. The Morgan fingerprint density at radius 2 is 2.13 bits per heavy atom. The number of benzene rings is 1. The Bertz CT molecular complexity index is 927. The van der Waals surface area contributed by atoms with Crippen LogP contribution >= 0.6 is 0 Å². The third-order valence-corrected chi connectivity index (χ3v) is 4.34. The lowest BCUT2D eigenvalue weighted by molar-refractivity contribution is 0.0971. The highest BCUT2D eigenvalue weighted by Crippen LogP contribution is 2.31. The molecule has 0 N–H and O–H groups in total. The SMILES string of the molecule is COc1cccc(-c2c(C)nn3cc4c(nc23)CCCC4=O)c1. The van der Waals surface area contributed by atoms with Crippen molar-refractivity contribution >= 4 is 11.4 Å². The molecular weight excluding hydrogens is 290 g/mol. The van der Waals surface area contributed by atoms with Gasteiger partial charge in [-0.2, -0.15) is 5.10 Å². The van der Waals surface area contributed by atoms with Crippen molar-refractivity contribution in [3.8, 4) is 16.9 Å². The molecule has 0 unspecified atom stereocenters. The molecule has 0 saturated carbocycles. The molecule has 3 aromatic rings. The van der Waals surface area contributed by atoms with Crippen LogP contribution in [-0.4, -0.2) is 27.5 Å². The summed E-state index contributed by atoms with van der Waals surface area (Å²) in [5.74, 6) is 0.964. The summed E-state index contributed by atoms with van der Waals surface area (Å²) in [5, 5.41) is 4.55. The highest BCUT2D eigenvalue weighted by Gasteiger charge is 2.22. The van der Waals surface area contributed by atoms with Gasteiger partial charge in [0.1, 0.15) is 5.75 Å². The minimum absolute atomic E-state index is 0.164. The molecule has 0 amide bonds. The van der Waals surface area contributed by atoms with Gasteiger partial charge in [-0.05, 0) is 37.5 Å². The quantitative estimate of drug-likeness (QED) is 0.729. The van der Waals surface area contributed by atoms with E-state index in [4.69, 9.17) is 9.72 Å². The van der Waals surface area contributed by atoms with Gasteiger partial charge in [-0.25, -0.2) is 9.50 Å². The first kappa shape index (κ1) is 13.9. The van der Waals surface area contributed by atoms with Crippen LogP contribution in [0.1, 0.15) is 34.6 Å². The molecule has 2 aromatic heterocycles. The average molecular weight is 307 g/mol. The van der Waals surface area contributed by atoms with Crippen molar-refractivity contribution in [1.82, 2.24) is 14.6 Å². The van der Waals surface area contributed by atoms with Crippen LogP contribution in [0.2, 0.25) is 0 Å². The maximum absolute atomic E-state index is 12.1. The molecule has 4 rings (SSSR count). The minimum atomic E-state index is 0.164. The number of rotatable bonds is 2. The van der Waals surface area contributed by atoms with E-state index in [-0.39, 0.29) is 5.78 Å². The average Bonchev–Trinajstić information content (AvgIpc) is 2.88. The summed E-state index contributed by atoms with van der Waals surface area (Å²) in [6.07, 6.45) is 4.15. The smallest absolute Gasteiger partial charge is 0.166 e. The Balaban J connectivity index is 1.96. The van der Waals surface area contributed by atoms with E-state index in [2.05, 4.69) is 5.10 Å². The Morgan fingerprint density at radius 1 is 1.26 bits per heavy atom. The van der Waals surface area contributed by atoms with Crippen LogP contribution in [0.25, 0.3) is 16.8 Å². The molecule has 0 bridgehead atoms. The molecule has 0 aliphatic heterocycles. The third kappa shape index (κ3) is 2.20. The van der Waals surface area contributed by atoms with Gasteiger partial charge in [0.15, 0.2) is 11.4 Å². The fourth-order valence-corrected chi connectivity index (χ4v) is 3.21. The normalized spacial score (nSPS) is 14.1. The van der Waals surface area contributed by atoms with Crippen molar-refractivity contribution in [2.24, 2.45) is 0 Å². The van der Waals surface area contributed by atoms with E-state index in [1.54, 1.807) is 11.6 Å². The molecule has 5 nitrogen and oxygen atoms in total. The highest BCUT2D eigenvalue weighted by atomic mass is 16.5. The molecule has 1 aliphatic rings. The van der Waals surface area contributed by atoms with Gasteiger partial charge >= 0.3 is 0 Å². The van der Waals surface area contributed by atoms with Crippen LogP contribution in [0.3, 0.4) is 0 Å². The van der Waals surface area contributed by atoms with Crippen molar-refractivity contribution in [3.05, 3.63) is 47.4 Å². The predicted molar refractivity (Wildman–Crippen MR) is 87.0 cm³/mol. The Labute approximate surface area is 133 Å². The van der Waals surface area contributed by atoms with Crippen molar-refractivity contribution in [2.45, 2.75) is 26.2 Å². The Kier molecular flexibility index (Phi) is 3.15. The van der Waals surface area contributed by atoms with E-state index in [1.807, 2.05) is 37.4 Å². The molecular formula is C18H17N3O2. The topological polar surface area (TPSA) is 56.5 Å². The van der Waals surface area contributed by atoms with E-state index in [1.165, 1.54) is 0 Å². The number of ether oxygens (including phenoxy) is 1. The van der Waals surface area contributed by atoms with Crippen LogP contribution in [0.5, 0.6) is 5.75 Å². The zero-order valence-corrected chi connectivity index (χ0v) is 13.2. The molecule has 5 heteroatoms. The van der Waals surface area contributed by atoms with Crippen LogP contribution in [0.15, 0.2) is 30.5 Å². The highest BCUT2D eigenvalue weighted by molar-refractivity contribution is 5.98. The first-order valence-electron chi connectivity index (χ1n) is 7.74. The molecule has 0 saturated heterocycles. The zero-order chi connectivity index (χ0) is 16.0. The third-order valence-electron chi connectivity index (χ3n) is 4.34. The van der Waals surface area contributed by atoms with E-state index in [0.717, 1.165) is 46.8 Å². The maximum atomic E-state index is 12.1. The molecule has 0 atom stereocenters. The van der Waals surface area contributed by atoms with Gasteiger partial charge in [0.05, 0.1) is 24.1 Å². The lowest BCUT2D eigenvalue weighted by atomic mass is 9.96. The van der Waals surface area contributed by atoms with Gasteiger partial charge < -0.3 is 4.74 Å². The second-order valence-corrected chi connectivity index (χ2v) is 5.84. The molecule has 0 fully saturated rings. The van der Waals surface area contributed by atoms with Crippen LogP contribution < -0.4 is 4.74 Å². The molecule has 116 valence electrons. The number of aromatic nitrogens is 3. The summed E-state index contributed by atoms with van der Waals surface area (Å²) in [6, 6.07) is 7.88. The van der Waals surface area contributed by atoms with Crippen molar-refractivity contribution in [2.75, 3.05) is 7.11 Å². The lowest BCUT2D eigenvalue weighted by Gasteiger charge is -2.13. The van der Waals surface area contributed by atoms with Crippen LogP contribution in [0.4, 0.5) is 0 Å². The summed E-state index contributed by atoms with van der Waals surface area (Å²) in [7, 11) is 1.66. The summed E-state index contributed by atoms with van der Waals surface area (Å²) in [5.41, 5.74) is 5.29. The van der Waals surface area contributed by atoms with E-state index in [9.17, 15) is 4.79 Å². The van der Waals surface area contributed by atoms with Gasteiger partial charge in [-0.1, -0.05) is 12.1 Å². The van der Waals surface area contributed by atoms with Crippen molar-refractivity contribution < 1.29 is 9.53 Å². The fourth-order valence-electron chi connectivity index (χ4n) is 3.21. The summed E-state index contributed by atoms with van der Waals surface area (Å²) in [6.45, 7) is 1.96. The predicted octanol–water partition coefficient (Wildman–Crippen LogP) is 3.23. The Morgan fingerprint density at radius 3 is 2.96 bits per heavy atom. The monoisotopic (exact) mass is 307 g/mol. The first-order valence-corrected chi connectivity index (χ1v) is 7.74. The molecule has 1 aliphatic carbocycles. The number of Topliss-reactive ketones (excluding diaryl/α,β-unsaturated/α-hetero) is 1. The van der Waals surface area contributed by atoms with E-state index >= 15 is 0 Å². The van der Waals surface area contributed by atoms with Crippen molar-refractivity contribution in [3.63, 3.8) is 0 Å². The molecule has 2 heterocycles. The van der Waals surface area contributed by atoms with Crippen LogP contribution in [0, 0.1) is 6.92 Å². The van der Waals surface area contributed by atoms with Crippen molar-refractivity contribution in [1.29, 1.82) is 0 Å². The number of aryl methyl sites for hydroxylation is 2. The second-order valence-electron chi connectivity index (χ2n) is 5.84. The number of ketones is 1. The summed E-state index contributed by atoms with van der Waals surface area (Å²) in [4.78, 5) is 16.8. The number of carbonyl (C=O) groups is 1.